The Morgan fingerprint density at radius 3 is 2.28 bits per heavy atom. The van der Waals surface area contributed by atoms with Crippen molar-refractivity contribution in [2.75, 3.05) is 27.3 Å². The van der Waals surface area contributed by atoms with Crippen LogP contribution >= 0.6 is 0 Å². The molecular weight excluding hydrogens is 375 g/mol. The fraction of sp³-hybridized carbons (Fsp3) is 0.364. The zero-order chi connectivity index (χ0) is 20.5. The number of hydroxylamine groups is 2. The molecule has 1 saturated heterocycles. The van der Waals surface area contributed by atoms with Gasteiger partial charge in [0.25, 0.3) is 5.91 Å². The Kier molecular flexibility index (Phi) is 5.24. The number of amides is 2. The highest BCUT2D eigenvalue weighted by atomic mass is 19.1. The van der Waals surface area contributed by atoms with Gasteiger partial charge >= 0.3 is 6.09 Å². The van der Waals surface area contributed by atoms with Crippen molar-refractivity contribution in [3.63, 3.8) is 0 Å². The summed E-state index contributed by atoms with van der Waals surface area (Å²) in [6, 6.07) is 15.1. The normalized spacial score (nSPS) is 20.3. The molecule has 2 amide bonds. The zero-order valence-corrected chi connectivity index (χ0v) is 16.4. The lowest BCUT2D eigenvalue weighted by Crippen LogP contribution is -2.46. The fourth-order valence-electron chi connectivity index (χ4n) is 4.20. The lowest BCUT2D eigenvalue weighted by Gasteiger charge is -2.26. The number of hydrogen-bond acceptors (Lipinski definition) is 4. The first-order valence-corrected chi connectivity index (χ1v) is 9.58. The second kappa shape index (κ2) is 7.83. The fourth-order valence-corrected chi connectivity index (χ4v) is 4.20. The number of carbonyl (C=O) groups excluding carboxylic acids is 2. The number of halogens is 1. The van der Waals surface area contributed by atoms with Gasteiger partial charge in [-0.1, -0.05) is 48.5 Å². The number of likely N-dealkylation sites (N-methyl/N-ethyl adjacent to an activating group) is 1. The Morgan fingerprint density at radius 1 is 1.10 bits per heavy atom. The zero-order valence-electron chi connectivity index (χ0n) is 16.4. The second-order valence-corrected chi connectivity index (χ2v) is 7.32. The molecule has 2 aromatic carbocycles. The van der Waals surface area contributed by atoms with Crippen molar-refractivity contribution in [1.29, 1.82) is 0 Å². The summed E-state index contributed by atoms with van der Waals surface area (Å²) < 4.78 is 19.6. The summed E-state index contributed by atoms with van der Waals surface area (Å²) in [5.41, 5.74) is 4.45. The van der Waals surface area contributed by atoms with E-state index in [-0.39, 0.29) is 25.5 Å². The quantitative estimate of drug-likeness (QED) is 0.741. The summed E-state index contributed by atoms with van der Waals surface area (Å²) >= 11 is 0. The highest BCUT2D eigenvalue weighted by molar-refractivity contribution is 5.86. The minimum absolute atomic E-state index is 0.0588. The molecular formula is C22H23FN2O4. The summed E-state index contributed by atoms with van der Waals surface area (Å²) in [6.07, 6.45) is -2.01. The Hall–Kier alpha value is -2.93. The van der Waals surface area contributed by atoms with E-state index in [1.54, 1.807) is 0 Å². The predicted octanol–water partition coefficient (Wildman–Crippen LogP) is 3.37. The lowest BCUT2D eigenvalue weighted by molar-refractivity contribution is -0.173. The minimum Gasteiger partial charge on any atom is -0.448 e. The standard InChI is InChI=1S/C22H23FN2O4/c1-24(28-2)21(26)20-11-14(23)12-25(20)22(27)29-13-19-17-9-5-3-7-15(17)16-8-4-6-10-18(16)19/h3-10,14,19-20H,11-13H2,1-2H3/t14-,20-/m0/s1. The van der Waals surface area contributed by atoms with E-state index in [0.29, 0.717) is 0 Å². The van der Waals surface area contributed by atoms with Crippen LogP contribution in [0.1, 0.15) is 23.5 Å². The number of rotatable bonds is 4. The predicted molar refractivity (Wildman–Crippen MR) is 105 cm³/mol. The van der Waals surface area contributed by atoms with Crippen molar-refractivity contribution in [2.24, 2.45) is 0 Å². The molecule has 6 nitrogen and oxygen atoms in total. The highest BCUT2D eigenvalue weighted by Gasteiger charge is 2.42. The number of likely N-dealkylation sites (tertiary alicyclic amines) is 1. The van der Waals surface area contributed by atoms with Crippen molar-refractivity contribution in [3.05, 3.63) is 59.7 Å². The average Bonchev–Trinajstić information content (AvgIpc) is 3.29. The number of carbonyl (C=O) groups is 2. The topological polar surface area (TPSA) is 59.1 Å². The van der Waals surface area contributed by atoms with Gasteiger partial charge in [0, 0.05) is 19.4 Å². The Morgan fingerprint density at radius 2 is 1.69 bits per heavy atom. The molecule has 29 heavy (non-hydrogen) atoms. The summed E-state index contributed by atoms with van der Waals surface area (Å²) in [7, 11) is 2.78. The van der Waals surface area contributed by atoms with Crippen molar-refractivity contribution in [3.8, 4) is 11.1 Å². The number of ether oxygens (including phenoxy) is 1. The Bertz CT molecular complexity index is 889. The molecule has 0 radical (unpaired) electrons. The Balaban J connectivity index is 1.50. The number of hydrogen-bond donors (Lipinski definition) is 0. The van der Waals surface area contributed by atoms with E-state index in [0.717, 1.165) is 32.2 Å². The summed E-state index contributed by atoms with van der Waals surface area (Å²) in [5.74, 6) is -0.563. The Labute approximate surface area is 168 Å². The van der Waals surface area contributed by atoms with Gasteiger partial charge in [0.2, 0.25) is 0 Å². The van der Waals surface area contributed by atoms with Crippen molar-refractivity contribution < 1.29 is 23.6 Å². The first-order chi connectivity index (χ1) is 14.0. The summed E-state index contributed by atoms with van der Waals surface area (Å²) in [4.78, 5) is 31.2. The summed E-state index contributed by atoms with van der Waals surface area (Å²) in [6.45, 7) is -0.0357. The van der Waals surface area contributed by atoms with Gasteiger partial charge in [-0.05, 0) is 22.3 Å². The van der Waals surface area contributed by atoms with E-state index in [4.69, 9.17) is 9.57 Å². The maximum Gasteiger partial charge on any atom is 0.410 e. The molecule has 0 aromatic heterocycles. The third-order valence-electron chi connectivity index (χ3n) is 5.69. The van der Waals surface area contributed by atoms with Gasteiger partial charge in [-0.3, -0.25) is 14.5 Å². The third kappa shape index (κ3) is 3.46. The molecule has 1 aliphatic heterocycles. The second-order valence-electron chi connectivity index (χ2n) is 7.32. The smallest absolute Gasteiger partial charge is 0.410 e. The molecule has 2 aromatic rings. The molecule has 1 fully saturated rings. The van der Waals surface area contributed by atoms with Gasteiger partial charge in [0.05, 0.1) is 13.7 Å². The maximum atomic E-state index is 14.0. The van der Waals surface area contributed by atoms with E-state index < -0.39 is 24.2 Å². The van der Waals surface area contributed by atoms with Crippen LogP contribution in [-0.2, 0) is 14.4 Å². The van der Waals surface area contributed by atoms with Crippen molar-refractivity contribution >= 4 is 12.0 Å². The molecule has 7 heteroatoms. The van der Waals surface area contributed by atoms with E-state index in [9.17, 15) is 14.0 Å². The van der Waals surface area contributed by atoms with Crippen LogP contribution in [0.25, 0.3) is 11.1 Å². The monoisotopic (exact) mass is 398 g/mol. The summed E-state index contributed by atoms with van der Waals surface area (Å²) in [5, 5.41) is 1.01. The SMILES string of the molecule is CON(C)C(=O)[C@@H]1C[C@H](F)CN1C(=O)OCC1c2ccccc2-c2ccccc21. The van der Waals surface area contributed by atoms with Crippen LogP contribution in [0, 0.1) is 0 Å². The molecule has 0 saturated carbocycles. The number of benzene rings is 2. The van der Waals surface area contributed by atoms with Gasteiger partial charge in [-0.15, -0.1) is 0 Å². The molecule has 0 N–H and O–H groups in total. The first-order valence-electron chi connectivity index (χ1n) is 9.58. The molecule has 2 atom stereocenters. The van der Waals surface area contributed by atoms with Crippen LogP contribution in [-0.4, -0.2) is 61.5 Å². The van der Waals surface area contributed by atoms with Crippen LogP contribution in [0.3, 0.4) is 0 Å². The molecule has 1 aliphatic carbocycles. The van der Waals surface area contributed by atoms with Crippen LogP contribution in [0.2, 0.25) is 0 Å². The minimum atomic E-state index is -1.27. The van der Waals surface area contributed by atoms with Gasteiger partial charge < -0.3 is 4.74 Å². The van der Waals surface area contributed by atoms with Crippen molar-refractivity contribution in [1.82, 2.24) is 9.96 Å². The first kappa shape index (κ1) is 19.4. The third-order valence-corrected chi connectivity index (χ3v) is 5.69. The lowest BCUT2D eigenvalue weighted by atomic mass is 9.98. The van der Waals surface area contributed by atoms with E-state index in [2.05, 4.69) is 12.1 Å². The van der Waals surface area contributed by atoms with Gasteiger partial charge in [-0.25, -0.2) is 14.2 Å². The van der Waals surface area contributed by atoms with Gasteiger partial charge in [0.15, 0.2) is 0 Å². The molecule has 152 valence electrons. The van der Waals surface area contributed by atoms with Crippen LogP contribution < -0.4 is 0 Å². The number of fused-ring (bicyclic) bond motifs is 3. The highest BCUT2D eigenvalue weighted by Crippen LogP contribution is 2.44. The number of alkyl halides is 1. The molecule has 4 rings (SSSR count). The van der Waals surface area contributed by atoms with E-state index in [1.165, 1.54) is 14.2 Å². The molecule has 2 aliphatic rings. The number of nitrogens with zero attached hydrogens (tertiary/aromatic N) is 2. The van der Waals surface area contributed by atoms with Gasteiger partial charge in [-0.2, -0.15) is 0 Å². The van der Waals surface area contributed by atoms with E-state index >= 15 is 0 Å². The van der Waals surface area contributed by atoms with Crippen LogP contribution in [0.5, 0.6) is 0 Å². The average molecular weight is 398 g/mol. The maximum absolute atomic E-state index is 14.0. The molecule has 0 bridgehead atoms. The largest absolute Gasteiger partial charge is 0.448 e. The van der Waals surface area contributed by atoms with Gasteiger partial charge in [0.1, 0.15) is 18.8 Å². The van der Waals surface area contributed by atoms with E-state index in [1.807, 2.05) is 36.4 Å². The molecule has 0 unspecified atom stereocenters. The molecule has 0 spiro atoms. The van der Waals surface area contributed by atoms with Crippen LogP contribution in [0.4, 0.5) is 9.18 Å². The van der Waals surface area contributed by atoms with Crippen molar-refractivity contribution in [2.45, 2.75) is 24.6 Å². The molecule has 1 heterocycles. The van der Waals surface area contributed by atoms with Crippen LogP contribution in [0.15, 0.2) is 48.5 Å².